The molecule has 0 aromatic carbocycles. The molecule has 0 spiro atoms. The predicted molar refractivity (Wildman–Crippen MR) is 43.9 cm³/mol. The number of esters is 2. The van der Waals surface area contributed by atoms with Gasteiger partial charge in [-0.25, -0.2) is 4.79 Å². The minimum atomic E-state index is -1.10. The summed E-state index contributed by atoms with van der Waals surface area (Å²) in [7, 11) is 0. The van der Waals surface area contributed by atoms with Crippen LogP contribution < -0.4 is 0 Å². The van der Waals surface area contributed by atoms with Crippen LogP contribution in [-0.2, 0) is 19.1 Å². The molecule has 1 N–H and O–H groups in total. The van der Waals surface area contributed by atoms with E-state index < -0.39 is 12.1 Å². The number of aliphatic hydroxyl groups is 1. The summed E-state index contributed by atoms with van der Waals surface area (Å²) >= 11 is 0. The second-order valence-corrected chi connectivity index (χ2v) is 2.54. The predicted octanol–water partition coefficient (Wildman–Crippen LogP) is -0.136. The van der Waals surface area contributed by atoms with Crippen LogP contribution in [0.4, 0.5) is 0 Å². The van der Waals surface area contributed by atoms with E-state index in [0.717, 1.165) is 0 Å². The van der Waals surface area contributed by atoms with Gasteiger partial charge in [-0.2, -0.15) is 0 Å². The maximum atomic E-state index is 10.7. The standard InChI is InChI=1S/C8H14O5/c1-6(9)8(11)13-5-3-4-12-7(2)10/h6,9H,3-5H2,1-2H3. The van der Waals surface area contributed by atoms with E-state index in [1.165, 1.54) is 13.8 Å². The zero-order valence-corrected chi connectivity index (χ0v) is 7.78. The Morgan fingerprint density at radius 2 is 1.85 bits per heavy atom. The van der Waals surface area contributed by atoms with Gasteiger partial charge in [-0.15, -0.1) is 0 Å². The summed E-state index contributed by atoms with van der Waals surface area (Å²) in [5.41, 5.74) is 0. The summed E-state index contributed by atoms with van der Waals surface area (Å²) in [6.07, 6.45) is -0.661. The molecule has 1 atom stereocenters. The van der Waals surface area contributed by atoms with Gasteiger partial charge in [-0.3, -0.25) is 4.79 Å². The van der Waals surface area contributed by atoms with Crippen LogP contribution in [0.1, 0.15) is 20.3 Å². The number of hydrogen-bond acceptors (Lipinski definition) is 5. The fraction of sp³-hybridized carbons (Fsp3) is 0.750. The van der Waals surface area contributed by atoms with Crippen molar-refractivity contribution in [2.24, 2.45) is 0 Å². The molecule has 0 bridgehead atoms. The third-order valence-corrected chi connectivity index (χ3v) is 1.18. The highest BCUT2D eigenvalue weighted by Gasteiger charge is 2.08. The molecule has 76 valence electrons. The van der Waals surface area contributed by atoms with E-state index in [0.29, 0.717) is 6.42 Å². The minimum Gasteiger partial charge on any atom is -0.466 e. The van der Waals surface area contributed by atoms with Crippen molar-refractivity contribution in [1.82, 2.24) is 0 Å². The van der Waals surface area contributed by atoms with Crippen molar-refractivity contribution in [3.63, 3.8) is 0 Å². The number of ether oxygens (including phenoxy) is 2. The Morgan fingerprint density at radius 1 is 1.31 bits per heavy atom. The van der Waals surface area contributed by atoms with Crippen LogP contribution in [0, 0.1) is 0 Å². The number of aliphatic hydroxyl groups excluding tert-OH is 1. The molecule has 0 radical (unpaired) electrons. The highest BCUT2D eigenvalue weighted by molar-refractivity contribution is 5.73. The minimum absolute atomic E-state index is 0.150. The molecule has 0 aliphatic carbocycles. The number of carbonyl (C=O) groups excluding carboxylic acids is 2. The van der Waals surface area contributed by atoms with Gasteiger partial charge in [0.1, 0.15) is 6.10 Å². The number of rotatable bonds is 5. The van der Waals surface area contributed by atoms with E-state index >= 15 is 0 Å². The van der Waals surface area contributed by atoms with Crippen molar-refractivity contribution < 1.29 is 24.2 Å². The van der Waals surface area contributed by atoms with Crippen LogP contribution in [0.3, 0.4) is 0 Å². The lowest BCUT2D eigenvalue weighted by Crippen LogP contribution is -2.20. The average Bonchev–Trinajstić information content (AvgIpc) is 2.02. The normalized spacial score (nSPS) is 11.9. The molecule has 0 aromatic heterocycles. The second kappa shape index (κ2) is 6.42. The molecule has 5 heteroatoms. The van der Waals surface area contributed by atoms with Crippen LogP contribution in [0.15, 0.2) is 0 Å². The molecule has 0 aliphatic heterocycles. The molecule has 0 saturated heterocycles. The smallest absolute Gasteiger partial charge is 0.334 e. The Morgan fingerprint density at radius 3 is 2.31 bits per heavy atom. The van der Waals surface area contributed by atoms with E-state index in [9.17, 15) is 9.59 Å². The highest BCUT2D eigenvalue weighted by Crippen LogP contribution is 1.90. The first kappa shape index (κ1) is 11.9. The average molecular weight is 190 g/mol. The monoisotopic (exact) mass is 190 g/mol. The van der Waals surface area contributed by atoms with Crippen LogP contribution in [0.25, 0.3) is 0 Å². The van der Waals surface area contributed by atoms with Crippen LogP contribution >= 0.6 is 0 Å². The third-order valence-electron chi connectivity index (χ3n) is 1.18. The lowest BCUT2D eigenvalue weighted by atomic mass is 10.4. The van der Waals surface area contributed by atoms with Gasteiger partial charge in [0.15, 0.2) is 0 Å². The molecular formula is C8H14O5. The zero-order valence-electron chi connectivity index (χ0n) is 7.78. The molecule has 0 aliphatic rings. The fourth-order valence-electron chi connectivity index (χ4n) is 0.568. The summed E-state index contributed by atoms with van der Waals surface area (Å²) in [5, 5.41) is 8.71. The van der Waals surface area contributed by atoms with Crippen LogP contribution in [-0.4, -0.2) is 36.4 Å². The maximum absolute atomic E-state index is 10.7. The van der Waals surface area contributed by atoms with Gasteiger partial charge in [-0.05, 0) is 6.92 Å². The first-order chi connectivity index (χ1) is 6.04. The fourth-order valence-corrected chi connectivity index (χ4v) is 0.568. The van der Waals surface area contributed by atoms with Gasteiger partial charge < -0.3 is 14.6 Å². The van der Waals surface area contributed by atoms with E-state index in [-0.39, 0.29) is 19.2 Å². The Kier molecular flexibility index (Phi) is 5.88. The summed E-state index contributed by atoms with van der Waals surface area (Å²) in [6.45, 7) is 3.01. The lowest BCUT2D eigenvalue weighted by Gasteiger charge is -2.05. The number of carbonyl (C=O) groups is 2. The van der Waals surface area contributed by atoms with E-state index in [1.807, 2.05) is 0 Å². The van der Waals surface area contributed by atoms with Gasteiger partial charge in [0.25, 0.3) is 0 Å². The molecular weight excluding hydrogens is 176 g/mol. The van der Waals surface area contributed by atoms with Crippen molar-refractivity contribution in [3.8, 4) is 0 Å². The van der Waals surface area contributed by atoms with Crippen LogP contribution in [0.5, 0.6) is 0 Å². The zero-order chi connectivity index (χ0) is 10.3. The topological polar surface area (TPSA) is 72.8 Å². The molecule has 1 unspecified atom stereocenters. The molecule has 0 rings (SSSR count). The van der Waals surface area contributed by atoms with Crippen molar-refractivity contribution in [3.05, 3.63) is 0 Å². The Hall–Kier alpha value is -1.10. The SMILES string of the molecule is CC(=O)OCCCOC(=O)C(C)O. The molecule has 0 aromatic rings. The summed E-state index contributed by atoms with van der Waals surface area (Å²) in [5.74, 6) is -1.02. The number of hydrogen-bond donors (Lipinski definition) is 1. The molecule has 0 heterocycles. The van der Waals surface area contributed by atoms with Gasteiger partial charge in [-0.1, -0.05) is 0 Å². The summed E-state index contributed by atoms with van der Waals surface area (Å²) in [6, 6.07) is 0. The lowest BCUT2D eigenvalue weighted by molar-refractivity contribution is -0.153. The quantitative estimate of drug-likeness (QED) is 0.482. The van der Waals surface area contributed by atoms with Gasteiger partial charge >= 0.3 is 11.9 Å². The van der Waals surface area contributed by atoms with Gasteiger partial charge in [0, 0.05) is 13.3 Å². The summed E-state index contributed by atoms with van der Waals surface area (Å²) < 4.78 is 9.20. The van der Waals surface area contributed by atoms with E-state index in [4.69, 9.17) is 5.11 Å². The van der Waals surface area contributed by atoms with Crippen LogP contribution in [0.2, 0.25) is 0 Å². The molecule has 0 saturated carbocycles. The first-order valence-electron chi connectivity index (χ1n) is 4.02. The maximum Gasteiger partial charge on any atom is 0.334 e. The molecule has 5 nitrogen and oxygen atoms in total. The molecule has 0 amide bonds. The second-order valence-electron chi connectivity index (χ2n) is 2.54. The van der Waals surface area contributed by atoms with E-state index in [1.54, 1.807) is 0 Å². The Bertz CT molecular complexity index is 175. The largest absolute Gasteiger partial charge is 0.466 e. The Labute approximate surface area is 76.6 Å². The molecule has 0 fully saturated rings. The van der Waals surface area contributed by atoms with Crippen molar-refractivity contribution in [2.45, 2.75) is 26.4 Å². The first-order valence-corrected chi connectivity index (χ1v) is 4.02. The van der Waals surface area contributed by atoms with Gasteiger partial charge in [0.2, 0.25) is 0 Å². The van der Waals surface area contributed by atoms with Crippen molar-refractivity contribution in [1.29, 1.82) is 0 Å². The van der Waals surface area contributed by atoms with Crippen molar-refractivity contribution >= 4 is 11.9 Å². The van der Waals surface area contributed by atoms with Gasteiger partial charge in [0.05, 0.1) is 13.2 Å². The highest BCUT2D eigenvalue weighted by atomic mass is 16.6. The molecule has 13 heavy (non-hydrogen) atoms. The van der Waals surface area contributed by atoms with Crippen molar-refractivity contribution in [2.75, 3.05) is 13.2 Å². The van der Waals surface area contributed by atoms with E-state index in [2.05, 4.69) is 9.47 Å². The summed E-state index contributed by atoms with van der Waals surface area (Å²) in [4.78, 5) is 20.9. The Balaban J connectivity index is 3.26. The third kappa shape index (κ3) is 7.27.